The van der Waals surface area contributed by atoms with Crippen molar-refractivity contribution in [3.05, 3.63) is 44.4 Å². The molecule has 1 saturated heterocycles. The van der Waals surface area contributed by atoms with Gasteiger partial charge in [0, 0.05) is 24.7 Å². The monoisotopic (exact) mass is 271 g/mol. The molecular weight excluding hydrogens is 262 g/mol. The molecule has 0 bridgehead atoms. The van der Waals surface area contributed by atoms with Crippen molar-refractivity contribution in [2.24, 2.45) is 5.10 Å². The lowest BCUT2D eigenvalue weighted by atomic mass is 10.3. The van der Waals surface area contributed by atoms with Crippen LogP contribution < -0.4 is 10.0 Å². The van der Waals surface area contributed by atoms with Crippen LogP contribution in [0.2, 0.25) is 5.15 Å². The van der Waals surface area contributed by atoms with Gasteiger partial charge in [0.05, 0.1) is 6.54 Å². The first-order chi connectivity index (χ1) is 8.56. The molecule has 1 aromatic rings. The molecule has 0 saturated carbocycles. The van der Waals surface area contributed by atoms with Crippen LogP contribution in [0.1, 0.15) is 5.56 Å². The SMILES string of the molecule is O=[N+]([O-])/N=C1\NCCN1Cc1ccc(Cl)[n+]([O-])c1. The second-order valence-electron chi connectivity index (χ2n) is 3.70. The van der Waals surface area contributed by atoms with Crippen molar-refractivity contribution in [1.82, 2.24) is 10.2 Å². The second-order valence-corrected chi connectivity index (χ2v) is 4.08. The zero-order valence-electron chi connectivity index (χ0n) is 9.24. The van der Waals surface area contributed by atoms with Crippen molar-refractivity contribution in [3.8, 4) is 0 Å². The predicted octanol–water partition coefficient (Wildman–Crippen LogP) is -0.0737. The lowest BCUT2D eigenvalue weighted by molar-refractivity contribution is -0.603. The van der Waals surface area contributed by atoms with E-state index in [9.17, 15) is 15.3 Å². The molecule has 2 rings (SSSR count). The molecule has 2 heterocycles. The van der Waals surface area contributed by atoms with Crippen LogP contribution in [0.5, 0.6) is 0 Å². The van der Waals surface area contributed by atoms with E-state index in [-0.39, 0.29) is 11.1 Å². The fourth-order valence-electron chi connectivity index (χ4n) is 1.67. The van der Waals surface area contributed by atoms with Gasteiger partial charge in [0.2, 0.25) is 0 Å². The summed E-state index contributed by atoms with van der Waals surface area (Å²) in [5.74, 6) is 0.201. The summed E-state index contributed by atoms with van der Waals surface area (Å²) in [6, 6.07) is 3.18. The Morgan fingerprint density at radius 1 is 1.61 bits per heavy atom. The summed E-state index contributed by atoms with van der Waals surface area (Å²) in [4.78, 5) is 12.0. The third-order valence-corrected chi connectivity index (χ3v) is 2.74. The third-order valence-electron chi connectivity index (χ3n) is 2.44. The molecule has 0 spiro atoms. The van der Waals surface area contributed by atoms with Crippen molar-refractivity contribution in [2.45, 2.75) is 6.54 Å². The molecule has 18 heavy (non-hydrogen) atoms. The van der Waals surface area contributed by atoms with Gasteiger partial charge in [-0.05, 0) is 17.7 Å². The molecule has 0 aromatic carbocycles. The van der Waals surface area contributed by atoms with Crippen LogP contribution in [0.15, 0.2) is 23.4 Å². The minimum absolute atomic E-state index is 0.0810. The quantitative estimate of drug-likeness (QED) is 0.273. The smallest absolute Gasteiger partial charge is 0.286 e. The molecule has 0 radical (unpaired) electrons. The van der Waals surface area contributed by atoms with Crippen LogP contribution in [0.25, 0.3) is 0 Å². The van der Waals surface area contributed by atoms with Gasteiger partial charge in [0.15, 0.2) is 11.2 Å². The Bertz CT molecular complexity index is 507. The van der Waals surface area contributed by atoms with E-state index in [1.165, 1.54) is 12.3 Å². The highest BCUT2D eigenvalue weighted by atomic mass is 35.5. The molecule has 1 aliphatic rings. The highest BCUT2D eigenvalue weighted by Crippen LogP contribution is 2.08. The minimum Gasteiger partial charge on any atom is -0.618 e. The van der Waals surface area contributed by atoms with Crippen LogP contribution in [0.3, 0.4) is 0 Å². The average molecular weight is 272 g/mol. The Labute approximate surface area is 107 Å². The van der Waals surface area contributed by atoms with E-state index in [1.807, 2.05) is 0 Å². The first-order valence-corrected chi connectivity index (χ1v) is 5.53. The first-order valence-electron chi connectivity index (χ1n) is 5.15. The summed E-state index contributed by atoms with van der Waals surface area (Å²) in [6.45, 7) is 1.53. The zero-order valence-corrected chi connectivity index (χ0v) is 10.0. The summed E-state index contributed by atoms with van der Waals surface area (Å²) in [5.41, 5.74) is 0.703. The van der Waals surface area contributed by atoms with Gasteiger partial charge >= 0.3 is 0 Å². The van der Waals surface area contributed by atoms with E-state index in [4.69, 9.17) is 11.6 Å². The average Bonchev–Trinajstić information content (AvgIpc) is 2.70. The third kappa shape index (κ3) is 2.77. The molecule has 1 aliphatic heterocycles. The Morgan fingerprint density at radius 3 is 3.06 bits per heavy atom. The number of halogens is 1. The number of hydrogen-bond acceptors (Lipinski definition) is 3. The van der Waals surface area contributed by atoms with Crippen molar-refractivity contribution in [2.75, 3.05) is 13.1 Å². The minimum atomic E-state index is -0.754. The lowest BCUT2D eigenvalue weighted by Crippen LogP contribution is -2.33. The fraction of sp³-hybridized carbons (Fsp3) is 0.333. The van der Waals surface area contributed by atoms with E-state index in [1.54, 1.807) is 11.0 Å². The normalized spacial score (nSPS) is 16.9. The number of nitrogens with zero attached hydrogens (tertiary/aromatic N) is 4. The van der Waals surface area contributed by atoms with Gasteiger partial charge in [-0.15, -0.1) is 0 Å². The van der Waals surface area contributed by atoms with E-state index in [0.717, 1.165) is 0 Å². The number of hydrazone groups is 1. The molecule has 1 fully saturated rings. The fourth-order valence-corrected chi connectivity index (χ4v) is 1.78. The Balaban J connectivity index is 2.13. The van der Waals surface area contributed by atoms with Crippen molar-refractivity contribution >= 4 is 17.6 Å². The molecule has 0 atom stereocenters. The summed E-state index contributed by atoms with van der Waals surface area (Å²) < 4.78 is 0.546. The van der Waals surface area contributed by atoms with Gasteiger partial charge in [0.25, 0.3) is 11.1 Å². The number of aromatic nitrogens is 1. The van der Waals surface area contributed by atoms with Gasteiger partial charge < -0.3 is 15.4 Å². The van der Waals surface area contributed by atoms with Gasteiger partial charge in [-0.25, -0.2) is 10.1 Å². The Morgan fingerprint density at radius 2 is 2.39 bits per heavy atom. The lowest BCUT2D eigenvalue weighted by Gasteiger charge is -2.14. The van der Waals surface area contributed by atoms with Crippen LogP contribution in [0, 0.1) is 15.3 Å². The number of hydrogen-bond donors (Lipinski definition) is 1. The van der Waals surface area contributed by atoms with Crippen LogP contribution in [0.4, 0.5) is 0 Å². The highest BCUT2D eigenvalue weighted by molar-refractivity contribution is 6.28. The Hall–Kier alpha value is -2.09. The summed E-state index contributed by atoms with van der Waals surface area (Å²) in [6.07, 6.45) is 1.34. The Kier molecular flexibility index (Phi) is 3.47. The number of nitro groups is 1. The van der Waals surface area contributed by atoms with Crippen LogP contribution in [-0.4, -0.2) is 29.0 Å². The number of pyridine rings is 1. The first kappa shape index (κ1) is 12.4. The van der Waals surface area contributed by atoms with Gasteiger partial charge in [0.1, 0.15) is 5.10 Å². The molecule has 1 N–H and O–H groups in total. The van der Waals surface area contributed by atoms with E-state index >= 15 is 0 Å². The molecule has 0 amide bonds. The molecule has 96 valence electrons. The molecule has 0 unspecified atom stereocenters. The largest absolute Gasteiger partial charge is 0.618 e. The van der Waals surface area contributed by atoms with Gasteiger partial charge in [-0.1, -0.05) is 0 Å². The standard InChI is InChI=1S/C9H10ClN5O3/c10-8-2-1-7(6-14(8)16)5-13-4-3-11-9(13)12-15(17)18/h1-2,6H,3-5H2,(H,11,12). The summed E-state index contributed by atoms with van der Waals surface area (Å²) in [7, 11) is 0. The second kappa shape index (κ2) is 5.05. The molecule has 0 aliphatic carbocycles. The van der Waals surface area contributed by atoms with E-state index in [0.29, 0.717) is 29.9 Å². The maximum absolute atomic E-state index is 11.3. The van der Waals surface area contributed by atoms with Gasteiger partial charge in [-0.3, -0.25) is 0 Å². The molecule has 8 nitrogen and oxygen atoms in total. The van der Waals surface area contributed by atoms with Crippen LogP contribution in [-0.2, 0) is 6.54 Å². The maximum Gasteiger partial charge on any atom is 0.286 e. The maximum atomic E-state index is 11.3. The summed E-state index contributed by atoms with van der Waals surface area (Å²) in [5, 5.41) is 27.0. The highest BCUT2D eigenvalue weighted by Gasteiger charge is 2.22. The van der Waals surface area contributed by atoms with Crippen molar-refractivity contribution < 1.29 is 9.76 Å². The predicted molar refractivity (Wildman–Crippen MR) is 63.3 cm³/mol. The zero-order chi connectivity index (χ0) is 13.1. The van der Waals surface area contributed by atoms with Gasteiger partial charge in [-0.2, -0.15) is 4.73 Å². The topological polar surface area (TPSA) is 97.7 Å². The molecular formula is C9H10ClN5O3. The molecule has 9 heteroatoms. The number of guanidine groups is 1. The number of rotatable bonds is 3. The summed E-state index contributed by atoms with van der Waals surface area (Å²) >= 11 is 5.61. The van der Waals surface area contributed by atoms with Crippen molar-refractivity contribution in [3.63, 3.8) is 0 Å². The number of nitrogens with one attached hydrogen (secondary N) is 1. The van der Waals surface area contributed by atoms with E-state index in [2.05, 4.69) is 10.4 Å². The molecule has 1 aromatic heterocycles. The van der Waals surface area contributed by atoms with Crippen molar-refractivity contribution in [1.29, 1.82) is 0 Å². The van der Waals surface area contributed by atoms with E-state index < -0.39 is 5.03 Å². The van der Waals surface area contributed by atoms with Crippen LogP contribution >= 0.6 is 11.6 Å².